The Hall–Kier alpha value is -3.54. The monoisotopic (exact) mass is 444 g/mol. The van der Waals surface area contributed by atoms with Crippen molar-refractivity contribution in [1.29, 1.82) is 0 Å². The minimum Gasteiger partial charge on any atom is -0.494 e. The Kier molecular flexibility index (Phi) is 6.27. The Morgan fingerprint density at radius 3 is 2.42 bits per heavy atom. The first-order valence-corrected chi connectivity index (χ1v) is 11.4. The van der Waals surface area contributed by atoms with Crippen molar-refractivity contribution >= 4 is 22.3 Å². The zero-order valence-electron chi connectivity index (χ0n) is 20.5. The highest BCUT2D eigenvalue weighted by Crippen LogP contribution is 2.38. The van der Waals surface area contributed by atoms with Crippen LogP contribution in [0.2, 0.25) is 0 Å². The molecule has 0 saturated carbocycles. The van der Waals surface area contributed by atoms with Crippen LogP contribution in [-0.2, 0) is 0 Å². The van der Waals surface area contributed by atoms with Crippen molar-refractivity contribution in [3.63, 3.8) is 0 Å². The molecule has 0 spiro atoms. The summed E-state index contributed by atoms with van der Waals surface area (Å²) in [4.78, 5) is 0. The summed E-state index contributed by atoms with van der Waals surface area (Å²) in [6, 6.07) is 14.4. The predicted octanol–water partition coefficient (Wildman–Crippen LogP) is 6.62. The molecular formula is C27H32N4O2. The largest absolute Gasteiger partial charge is 0.494 e. The maximum Gasteiger partial charge on any atom is 0.162 e. The SMILES string of the molecule is CCOc1ccc(-n2c(C)c3c(C)nnc(Nc4cccc(C(C)C)c4)c3c2C)c(OC)c1. The molecule has 4 aromatic rings. The molecular weight excluding hydrogens is 412 g/mol. The van der Waals surface area contributed by atoms with E-state index in [2.05, 4.69) is 72.0 Å². The summed E-state index contributed by atoms with van der Waals surface area (Å²) in [6.45, 7) is 13.2. The van der Waals surface area contributed by atoms with Gasteiger partial charge in [0.2, 0.25) is 0 Å². The highest BCUT2D eigenvalue weighted by molar-refractivity contribution is 5.99. The number of aryl methyl sites for hydroxylation is 3. The average Bonchev–Trinajstić information content (AvgIpc) is 3.07. The summed E-state index contributed by atoms with van der Waals surface area (Å²) in [7, 11) is 1.69. The van der Waals surface area contributed by atoms with Crippen molar-refractivity contribution < 1.29 is 9.47 Å². The fourth-order valence-electron chi connectivity index (χ4n) is 4.45. The van der Waals surface area contributed by atoms with Gasteiger partial charge in [0.05, 0.1) is 25.1 Å². The lowest BCUT2D eigenvalue weighted by Crippen LogP contribution is -2.03. The maximum atomic E-state index is 5.74. The molecule has 33 heavy (non-hydrogen) atoms. The van der Waals surface area contributed by atoms with Crippen LogP contribution in [0.25, 0.3) is 16.5 Å². The Morgan fingerprint density at radius 2 is 1.73 bits per heavy atom. The van der Waals surface area contributed by atoms with E-state index in [1.165, 1.54) is 5.56 Å². The second-order valence-electron chi connectivity index (χ2n) is 8.56. The summed E-state index contributed by atoms with van der Waals surface area (Å²) in [5.41, 5.74) is 6.31. The first-order chi connectivity index (χ1) is 15.8. The summed E-state index contributed by atoms with van der Waals surface area (Å²) in [5.74, 6) is 2.75. The molecule has 0 aliphatic heterocycles. The summed E-state index contributed by atoms with van der Waals surface area (Å²) >= 11 is 0. The first kappa shape index (κ1) is 22.6. The fraction of sp³-hybridized carbons (Fsp3) is 0.333. The number of fused-ring (bicyclic) bond motifs is 1. The number of rotatable bonds is 7. The van der Waals surface area contributed by atoms with Crippen LogP contribution in [0.4, 0.5) is 11.5 Å². The van der Waals surface area contributed by atoms with Crippen molar-refractivity contribution in [3.05, 3.63) is 65.1 Å². The number of nitrogens with one attached hydrogen (secondary N) is 1. The highest BCUT2D eigenvalue weighted by atomic mass is 16.5. The number of anilines is 2. The molecule has 0 aliphatic carbocycles. The highest BCUT2D eigenvalue weighted by Gasteiger charge is 2.21. The lowest BCUT2D eigenvalue weighted by atomic mass is 10.0. The lowest BCUT2D eigenvalue weighted by Gasteiger charge is -2.15. The van der Waals surface area contributed by atoms with E-state index in [1.807, 2.05) is 32.0 Å². The molecule has 2 heterocycles. The van der Waals surface area contributed by atoms with Gasteiger partial charge < -0.3 is 19.4 Å². The van der Waals surface area contributed by atoms with Gasteiger partial charge in [-0.15, -0.1) is 5.10 Å². The van der Waals surface area contributed by atoms with E-state index < -0.39 is 0 Å². The van der Waals surface area contributed by atoms with Crippen LogP contribution in [-0.4, -0.2) is 28.5 Å². The number of ether oxygens (including phenoxy) is 2. The number of benzene rings is 2. The van der Waals surface area contributed by atoms with E-state index in [4.69, 9.17) is 9.47 Å². The third-order valence-corrected chi connectivity index (χ3v) is 6.06. The van der Waals surface area contributed by atoms with Crippen LogP contribution >= 0.6 is 0 Å². The standard InChI is InChI=1S/C27H32N4O2/c1-8-33-22-12-13-23(24(15-22)32-7)31-18(5)25-17(4)29-30-27(26(25)19(31)6)28-21-11-9-10-20(14-21)16(2)3/h9-16H,8H2,1-7H3,(H,28,30). The van der Waals surface area contributed by atoms with Gasteiger partial charge in [-0.25, -0.2) is 0 Å². The minimum absolute atomic E-state index is 0.452. The second-order valence-corrected chi connectivity index (χ2v) is 8.56. The van der Waals surface area contributed by atoms with E-state index in [0.29, 0.717) is 12.5 Å². The molecule has 0 fully saturated rings. The van der Waals surface area contributed by atoms with Gasteiger partial charge in [-0.05, 0) is 63.4 Å². The Bertz CT molecular complexity index is 1310. The van der Waals surface area contributed by atoms with Crippen LogP contribution in [0.3, 0.4) is 0 Å². The van der Waals surface area contributed by atoms with E-state index in [9.17, 15) is 0 Å². The Balaban J connectivity index is 1.88. The smallest absolute Gasteiger partial charge is 0.162 e. The summed E-state index contributed by atoms with van der Waals surface area (Å²) < 4.78 is 13.6. The molecule has 1 N–H and O–H groups in total. The summed E-state index contributed by atoms with van der Waals surface area (Å²) in [6.07, 6.45) is 0. The van der Waals surface area contributed by atoms with Gasteiger partial charge in [-0.1, -0.05) is 26.0 Å². The second kappa shape index (κ2) is 9.14. The predicted molar refractivity (Wildman–Crippen MR) is 135 cm³/mol. The van der Waals surface area contributed by atoms with E-state index in [-0.39, 0.29) is 0 Å². The van der Waals surface area contributed by atoms with E-state index >= 15 is 0 Å². The molecule has 0 bridgehead atoms. The minimum atomic E-state index is 0.452. The van der Waals surface area contributed by atoms with Crippen LogP contribution in [0.5, 0.6) is 11.5 Å². The summed E-state index contributed by atoms with van der Waals surface area (Å²) in [5, 5.41) is 14.7. The molecule has 0 saturated heterocycles. The fourth-order valence-corrected chi connectivity index (χ4v) is 4.45. The molecule has 4 rings (SSSR count). The molecule has 172 valence electrons. The third kappa shape index (κ3) is 4.13. The molecule has 6 heteroatoms. The Morgan fingerprint density at radius 1 is 0.970 bits per heavy atom. The molecule has 0 aliphatic rings. The number of aromatic nitrogens is 3. The molecule has 2 aromatic carbocycles. The quantitative estimate of drug-likeness (QED) is 0.347. The van der Waals surface area contributed by atoms with Crippen molar-refractivity contribution in [2.45, 2.75) is 47.5 Å². The maximum absolute atomic E-state index is 5.74. The third-order valence-electron chi connectivity index (χ3n) is 6.06. The average molecular weight is 445 g/mol. The van der Waals surface area contributed by atoms with E-state index in [1.54, 1.807) is 7.11 Å². The van der Waals surface area contributed by atoms with Crippen LogP contribution < -0.4 is 14.8 Å². The zero-order valence-corrected chi connectivity index (χ0v) is 20.5. The van der Waals surface area contributed by atoms with Crippen LogP contribution in [0, 0.1) is 20.8 Å². The van der Waals surface area contributed by atoms with Gasteiger partial charge in [0.15, 0.2) is 5.82 Å². The van der Waals surface area contributed by atoms with Gasteiger partial charge in [0, 0.05) is 33.9 Å². The molecule has 0 amide bonds. The molecule has 2 aromatic heterocycles. The number of methoxy groups -OCH3 is 1. The first-order valence-electron chi connectivity index (χ1n) is 11.4. The number of hydrogen-bond acceptors (Lipinski definition) is 5. The molecule has 0 radical (unpaired) electrons. The topological polar surface area (TPSA) is 61.2 Å². The van der Waals surface area contributed by atoms with Gasteiger partial charge in [0.25, 0.3) is 0 Å². The van der Waals surface area contributed by atoms with Crippen molar-refractivity contribution in [2.24, 2.45) is 0 Å². The van der Waals surface area contributed by atoms with Gasteiger partial charge in [-0.3, -0.25) is 0 Å². The van der Waals surface area contributed by atoms with Gasteiger partial charge in [0.1, 0.15) is 11.5 Å². The van der Waals surface area contributed by atoms with Crippen LogP contribution in [0.15, 0.2) is 42.5 Å². The van der Waals surface area contributed by atoms with Crippen LogP contribution in [0.1, 0.15) is 49.3 Å². The van der Waals surface area contributed by atoms with E-state index in [0.717, 1.165) is 56.5 Å². The number of nitrogens with zero attached hydrogens (tertiary/aromatic N) is 3. The zero-order chi connectivity index (χ0) is 23.7. The van der Waals surface area contributed by atoms with Crippen molar-refractivity contribution in [3.8, 4) is 17.2 Å². The molecule has 0 atom stereocenters. The van der Waals surface area contributed by atoms with Gasteiger partial charge in [-0.2, -0.15) is 5.10 Å². The lowest BCUT2D eigenvalue weighted by molar-refractivity contribution is 0.336. The Labute approximate surface area is 195 Å². The molecule has 0 unspecified atom stereocenters. The normalized spacial score (nSPS) is 11.3. The van der Waals surface area contributed by atoms with Crippen molar-refractivity contribution in [1.82, 2.24) is 14.8 Å². The van der Waals surface area contributed by atoms with Crippen molar-refractivity contribution in [2.75, 3.05) is 19.0 Å². The number of hydrogen-bond donors (Lipinski definition) is 1. The van der Waals surface area contributed by atoms with Gasteiger partial charge >= 0.3 is 0 Å². The molecule has 6 nitrogen and oxygen atoms in total.